The smallest absolute Gasteiger partial charge is 0.334 e. The van der Waals surface area contributed by atoms with Gasteiger partial charge in [-0.05, 0) is 12.8 Å². The number of hydrogen-bond acceptors (Lipinski definition) is 5. The van der Waals surface area contributed by atoms with Crippen molar-refractivity contribution in [2.75, 3.05) is 18.0 Å². The van der Waals surface area contributed by atoms with Crippen LogP contribution in [-0.4, -0.2) is 39.0 Å². The molecule has 1 aromatic heterocycles. The number of hydrogen-bond donors (Lipinski definition) is 1. The molecule has 0 aromatic carbocycles. The van der Waals surface area contributed by atoms with Crippen LogP contribution in [0.2, 0.25) is 0 Å². The van der Waals surface area contributed by atoms with E-state index in [1.54, 1.807) is 11.7 Å². The lowest BCUT2D eigenvalue weighted by atomic mass is 10.2. The topological polar surface area (TPSA) is 84.4 Å². The van der Waals surface area contributed by atoms with Crippen LogP contribution in [0.25, 0.3) is 0 Å². The second-order valence-corrected chi connectivity index (χ2v) is 4.64. The van der Waals surface area contributed by atoms with E-state index in [1.165, 1.54) is 0 Å². The lowest BCUT2D eigenvalue weighted by Gasteiger charge is -2.16. The zero-order valence-electron chi connectivity index (χ0n) is 10.7. The van der Waals surface area contributed by atoms with Crippen LogP contribution in [0.1, 0.15) is 25.5 Å². The van der Waals surface area contributed by atoms with Gasteiger partial charge in [0, 0.05) is 20.1 Å². The average molecular weight is 254 g/mol. The molecule has 1 unspecified atom stereocenters. The van der Waals surface area contributed by atoms with Crippen molar-refractivity contribution in [2.45, 2.75) is 32.3 Å². The fourth-order valence-corrected chi connectivity index (χ4v) is 2.44. The van der Waals surface area contributed by atoms with Gasteiger partial charge in [-0.1, -0.05) is 13.3 Å². The number of aliphatic hydroxyl groups excluding tert-OH is 1. The van der Waals surface area contributed by atoms with Crippen molar-refractivity contribution in [1.82, 2.24) is 9.78 Å². The Hall–Kier alpha value is -1.63. The largest absolute Gasteiger partial charge is 0.391 e. The second-order valence-electron chi connectivity index (χ2n) is 4.64. The van der Waals surface area contributed by atoms with Crippen molar-refractivity contribution >= 4 is 11.5 Å². The standard InChI is InChI=1S/C11H18N4O3/c1-3-4-9-10(15(17)18)11(13(2)12-9)14-6-5-8(16)7-14/h8,16H,3-7H2,1-2H3. The lowest BCUT2D eigenvalue weighted by Crippen LogP contribution is -2.24. The van der Waals surface area contributed by atoms with Crippen molar-refractivity contribution in [3.8, 4) is 0 Å². The Labute approximate surface area is 105 Å². The van der Waals surface area contributed by atoms with Gasteiger partial charge >= 0.3 is 5.69 Å². The molecule has 0 saturated carbocycles. The fraction of sp³-hybridized carbons (Fsp3) is 0.727. The summed E-state index contributed by atoms with van der Waals surface area (Å²) in [5.74, 6) is 0.514. The number of nitrogens with zero attached hydrogens (tertiary/aromatic N) is 4. The highest BCUT2D eigenvalue weighted by Gasteiger charge is 2.33. The first-order valence-electron chi connectivity index (χ1n) is 6.17. The van der Waals surface area contributed by atoms with Crippen molar-refractivity contribution in [3.05, 3.63) is 15.8 Å². The fourth-order valence-electron chi connectivity index (χ4n) is 2.44. The molecule has 1 saturated heterocycles. The Balaban J connectivity index is 2.42. The van der Waals surface area contributed by atoms with Gasteiger partial charge in [-0.15, -0.1) is 0 Å². The van der Waals surface area contributed by atoms with Gasteiger partial charge in [-0.25, -0.2) is 4.68 Å². The van der Waals surface area contributed by atoms with Crippen LogP contribution < -0.4 is 4.90 Å². The summed E-state index contributed by atoms with van der Waals surface area (Å²) >= 11 is 0. The normalized spacial score (nSPS) is 19.5. The van der Waals surface area contributed by atoms with Crippen LogP contribution in [0.4, 0.5) is 11.5 Å². The maximum atomic E-state index is 11.2. The highest BCUT2D eigenvalue weighted by Crippen LogP contribution is 2.33. The summed E-state index contributed by atoms with van der Waals surface area (Å²) in [6.07, 6.45) is 1.65. The number of β-amino-alcohol motifs (C(OH)–C–C–N with tert-alkyl or cyclic N) is 1. The molecule has 100 valence electrons. The molecule has 0 bridgehead atoms. The first-order valence-corrected chi connectivity index (χ1v) is 6.17. The van der Waals surface area contributed by atoms with Gasteiger partial charge in [0.25, 0.3) is 0 Å². The van der Waals surface area contributed by atoms with Gasteiger partial charge in [0.15, 0.2) is 0 Å². The highest BCUT2D eigenvalue weighted by molar-refractivity contribution is 5.62. The summed E-state index contributed by atoms with van der Waals surface area (Å²) in [5, 5.41) is 25.0. The van der Waals surface area contributed by atoms with Crippen LogP contribution >= 0.6 is 0 Å². The van der Waals surface area contributed by atoms with E-state index in [-0.39, 0.29) is 10.6 Å². The Morgan fingerprint density at radius 3 is 2.83 bits per heavy atom. The molecule has 7 nitrogen and oxygen atoms in total. The van der Waals surface area contributed by atoms with Gasteiger partial charge in [0.1, 0.15) is 5.69 Å². The molecule has 1 aromatic rings. The SMILES string of the molecule is CCCc1nn(C)c(N2CCC(O)C2)c1[N+](=O)[O-]. The number of nitro groups is 1. The van der Waals surface area contributed by atoms with E-state index in [1.807, 2.05) is 11.8 Å². The third kappa shape index (κ3) is 2.17. The molecular weight excluding hydrogens is 236 g/mol. The summed E-state index contributed by atoms with van der Waals surface area (Å²) in [6, 6.07) is 0. The van der Waals surface area contributed by atoms with Gasteiger partial charge in [-0.3, -0.25) is 10.1 Å². The molecule has 0 amide bonds. The summed E-state index contributed by atoms with van der Waals surface area (Å²) in [6.45, 7) is 3.04. The molecule has 2 rings (SSSR count). The molecular formula is C11H18N4O3. The minimum absolute atomic E-state index is 0.0912. The maximum absolute atomic E-state index is 11.2. The van der Waals surface area contributed by atoms with Crippen LogP contribution in [0.5, 0.6) is 0 Å². The minimum Gasteiger partial charge on any atom is -0.391 e. The summed E-state index contributed by atoms with van der Waals surface area (Å²) < 4.78 is 1.56. The summed E-state index contributed by atoms with van der Waals surface area (Å²) in [5.41, 5.74) is 0.620. The molecule has 1 aliphatic rings. The molecule has 1 fully saturated rings. The maximum Gasteiger partial charge on any atom is 0.334 e. The Bertz CT molecular complexity index is 457. The number of aryl methyl sites for hydroxylation is 2. The molecule has 2 heterocycles. The summed E-state index contributed by atoms with van der Waals surface area (Å²) in [7, 11) is 1.71. The lowest BCUT2D eigenvalue weighted by molar-refractivity contribution is -0.384. The number of anilines is 1. The van der Waals surface area contributed by atoms with E-state index >= 15 is 0 Å². The van der Waals surface area contributed by atoms with E-state index in [2.05, 4.69) is 5.10 Å². The minimum atomic E-state index is -0.408. The van der Waals surface area contributed by atoms with E-state index in [0.29, 0.717) is 37.4 Å². The van der Waals surface area contributed by atoms with Gasteiger partial charge in [0.2, 0.25) is 5.82 Å². The molecule has 7 heteroatoms. The number of rotatable bonds is 4. The van der Waals surface area contributed by atoms with Gasteiger partial charge in [-0.2, -0.15) is 5.10 Å². The summed E-state index contributed by atoms with van der Waals surface area (Å²) in [4.78, 5) is 12.7. The monoisotopic (exact) mass is 254 g/mol. The Morgan fingerprint density at radius 2 is 2.33 bits per heavy atom. The molecule has 1 atom stereocenters. The number of aliphatic hydroxyl groups is 1. The highest BCUT2D eigenvalue weighted by atomic mass is 16.6. The van der Waals surface area contributed by atoms with E-state index < -0.39 is 6.10 Å². The van der Waals surface area contributed by atoms with Crippen LogP contribution in [0.3, 0.4) is 0 Å². The van der Waals surface area contributed by atoms with Crippen molar-refractivity contribution < 1.29 is 10.0 Å². The zero-order chi connectivity index (χ0) is 13.3. The molecule has 1 aliphatic heterocycles. The Kier molecular flexibility index (Phi) is 3.51. The van der Waals surface area contributed by atoms with Crippen LogP contribution in [0.15, 0.2) is 0 Å². The van der Waals surface area contributed by atoms with Crippen molar-refractivity contribution in [3.63, 3.8) is 0 Å². The molecule has 18 heavy (non-hydrogen) atoms. The average Bonchev–Trinajstić information content (AvgIpc) is 2.83. The molecule has 0 spiro atoms. The van der Waals surface area contributed by atoms with E-state index in [0.717, 1.165) is 6.42 Å². The van der Waals surface area contributed by atoms with E-state index in [9.17, 15) is 15.2 Å². The molecule has 0 radical (unpaired) electrons. The quantitative estimate of drug-likeness (QED) is 0.636. The van der Waals surface area contributed by atoms with Crippen LogP contribution in [0, 0.1) is 10.1 Å². The predicted molar refractivity (Wildman–Crippen MR) is 66.7 cm³/mol. The van der Waals surface area contributed by atoms with Gasteiger partial charge < -0.3 is 10.0 Å². The second kappa shape index (κ2) is 4.93. The predicted octanol–water partition coefficient (Wildman–Crippen LogP) is 0.852. The van der Waals surface area contributed by atoms with E-state index in [4.69, 9.17) is 0 Å². The van der Waals surface area contributed by atoms with Crippen molar-refractivity contribution in [2.24, 2.45) is 7.05 Å². The third-order valence-electron chi connectivity index (χ3n) is 3.19. The first kappa shape index (κ1) is 12.8. The molecule has 1 N–H and O–H groups in total. The van der Waals surface area contributed by atoms with Crippen molar-refractivity contribution in [1.29, 1.82) is 0 Å². The van der Waals surface area contributed by atoms with Crippen LogP contribution in [-0.2, 0) is 13.5 Å². The number of aromatic nitrogens is 2. The zero-order valence-corrected chi connectivity index (χ0v) is 10.7. The first-order chi connectivity index (χ1) is 8.54. The molecule has 0 aliphatic carbocycles. The Morgan fingerprint density at radius 1 is 1.61 bits per heavy atom. The van der Waals surface area contributed by atoms with Gasteiger partial charge in [0.05, 0.1) is 11.0 Å². The third-order valence-corrected chi connectivity index (χ3v) is 3.19.